The van der Waals surface area contributed by atoms with Gasteiger partial charge in [-0.2, -0.15) is 0 Å². The number of rotatable bonds is 3. The molecular weight excluding hydrogens is 214 g/mol. The molecule has 2 aliphatic rings. The molecule has 0 aromatic carbocycles. The van der Waals surface area contributed by atoms with E-state index in [1.54, 1.807) is 7.11 Å². The van der Waals surface area contributed by atoms with E-state index < -0.39 is 0 Å². The standard InChI is InChI=1S/C14H27NO2/c1-11(2)12-4-6-14(7-5-12)13(10-16-3)15-8-9-17-14/h11-13,15H,4-10H2,1-3H3. The fourth-order valence-corrected chi connectivity index (χ4v) is 3.44. The molecule has 0 amide bonds. The number of nitrogens with one attached hydrogen (secondary N) is 1. The third-order valence-corrected chi connectivity index (χ3v) is 4.67. The first-order valence-electron chi connectivity index (χ1n) is 7.04. The summed E-state index contributed by atoms with van der Waals surface area (Å²) in [5.74, 6) is 1.69. The quantitative estimate of drug-likeness (QED) is 0.822. The summed E-state index contributed by atoms with van der Waals surface area (Å²) in [6.07, 6.45) is 4.99. The largest absolute Gasteiger partial charge is 0.383 e. The van der Waals surface area contributed by atoms with E-state index in [2.05, 4.69) is 19.2 Å². The van der Waals surface area contributed by atoms with Crippen molar-refractivity contribution in [2.75, 3.05) is 26.9 Å². The first-order chi connectivity index (χ1) is 8.18. The predicted octanol–water partition coefficient (Wildman–Crippen LogP) is 2.21. The molecule has 2 rings (SSSR count). The van der Waals surface area contributed by atoms with Crippen LogP contribution in [0, 0.1) is 11.8 Å². The second-order valence-electron chi connectivity index (χ2n) is 5.96. The summed E-state index contributed by atoms with van der Waals surface area (Å²) in [5.41, 5.74) is 0.0552. The minimum absolute atomic E-state index is 0.0552. The van der Waals surface area contributed by atoms with Crippen LogP contribution < -0.4 is 5.32 Å². The molecule has 100 valence electrons. The highest BCUT2D eigenvalue weighted by atomic mass is 16.5. The molecule has 1 N–H and O–H groups in total. The lowest BCUT2D eigenvalue weighted by atomic mass is 9.71. The zero-order valence-electron chi connectivity index (χ0n) is 11.5. The Bertz CT molecular complexity index is 232. The lowest BCUT2D eigenvalue weighted by molar-refractivity contribution is -0.136. The number of ether oxygens (including phenoxy) is 2. The van der Waals surface area contributed by atoms with Crippen LogP contribution in [0.15, 0.2) is 0 Å². The van der Waals surface area contributed by atoms with Crippen molar-refractivity contribution in [3.05, 3.63) is 0 Å². The van der Waals surface area contributed by atoms with Crippen molar-refractivity contribution in [2.45, 2.75) is 51.2 Å². The lowest BCUT2D eigenvalue weighted by Gasteiger charge is -2.48. The van der Waals surface area contributed by atoms with E-state index in [1.807, 2.05) is 0 Å². The number of methoxy groups -OCH3 is 1. The van der Waals surface area contributed by atoms with Gasteiger partial charge in [-0.1, -0.05) is 13.8 Å². The van der Waals surface area contributed by atoms with E-state index >= 15 is 0 Å². The minimum Gasteiger partial charge on any atom is -0.383 e. The molecule has 1 spiro atoms. The molecule has 3 heteroatoms. The first-order valence-corrected chi connectivity index (χ1v) is 7.04. The van der Waals surface area contributed by atoms with Crippen LogP contribution in [0.3, 0.4) is 0 Å². The normalized spacial score (nSPS) is 38.8. The van der Waals surface area contributed by atoms with E-state index in [0.717, 1.165) is 31.6 Å². The Kier molecular flexibility index (Phi) is 4.45. The van der Waals surface area contributed by atoms with Gasteiger partial charge in [0.2, 0.25) is 0 Å². The van der Waals surface area contributed by atoms with Gasteiger partial charge in [0.05, 0.1) is 24.9 Å². The molecule has 1 saturated heterocycles. The molecular formula is C14H27NO2. The first kappa shape index (κ1) is 13.3. The van der Waals surface area contributed by atoms with Crippen LogP contribution in [0.1, 0.15) is 39.5 Å². The molecule has 1 aliphatic heterocycles. The highest BCUT2D eigenvalue weighted by Gasteiger charge is 2.44. The average molecular weight is 241 g/mol. The Balaban J connectivity index is 1.98. The van der Waals surface area contributed by atoms with Crippen LogP contribution in [-0.2, 0) is 9.47 Å². The average Bonchev–Trinajstić information content (AvgIpc) is 2.33. The molecule has 17 heavy (non-hydrogen) atoms. The van der Waals surface area contributed by atoms with E-state index in [1.165, 1.54) is 25.7 Å². The van der Waals surface area contributed by atoms with Crippen molar-refractivity contribution >= 4 is 0 Å². The second kappa shape index (κ2) is 5.68. The Morgan fingerprint density at radius 3 is 2.65 bits per heavy atom. The molecule has 1 atom stereocenters. The van der Waals surface area contributed by atoms with Gasteiger partial charge in [0.1, 0.15) is 0 Å². The van der Waals surface area contributed by atoms with Crippen LogP contribution in [0.2, 0.25) is 0 Å². The minimum atomic E-state index is 0.0552. The lowest BCUT2D eigenvalue weighted by Crippen LogP contribution is -2.61. The van der Waals surface area contributed by atoms with Crippen molar-refractivity contribution in [2.24, 2.45) is 11.8 Å². The number of hydrogen-bond donors (Lipinski definition) is 1. The zero-order chi connectivity index (χ0) is 12.3. The Morgan fingerprint density at radius 2 is 2.06 bits per heavy atom. The Morgan fingerprint density at radius 1 is 1.35 bits per heavy atom. The van der Waals surface area contributed by atoms with Crippen LogP contribution in [0.4, 0.5) is 0 Å². The van der Waals surface area contributed by atoms with Gasteiger partial charge in [-0.25, -0.2) is 0 Å². The summed E-state index contributed by atoms with van der Waals surface area (Å²) >= 11 is 0. The van der Waals surface area contributed by atoms with Crippen LogP contribution in [0.5, 0.6) is 0 Å². The van der Waals surface area contributed by atoms with Crippen LogP contribution in [-0.4, -0.2) is 38.5 Å². The smallest absolute Gasteiger partial charge is 0.0858 e. The van der Waals surface area contributed by atoms with Crippen molar-refractivity contribution in [3.8, 4) is 0 Å². The monoisotopic (exact) mass is 241 g/mol. The summed E-state index contributed by atoms with van der Waals surface area (Å²) in [6.45, 7) is 7.27. The van der Waals surface area contributed by atoms with Gasteiger partial charge < -0.3 is 14.8 Å². The number of morpholine rings is 1. The molecule has 2 fully saturated rings. The van der Waals surface area contributed by atoms with E-state index in [4.69, 9.17) is 9.47 Å². The summed E-state index contributed by atoms with van der Waals surface area (Å²) in [7, 11) is 1.78. The molecule has 1 heterocycles. The maximum absolute atomic E-state index is 6.16. The van der Waals surface area contributed by atoms with Crippen LogP contribution in [0.25, 0.3) is 0 Å². The van der Waals surface area contributed by atoms with Gasteiger partial charge in [-0.15, -0.1) is 0 Å². The Labute approximate surface area is 105 Å². The number of hydrogen-bond acceptors (Lipinski definition) is 3. The summed E-state index contributed by atoms with van der Waals surface area (Å²) in [4.78, 5) is 0. The topological polar surface area (TPSA) is 30.5 Å². The SMILES string of the molecule is COCC1NCCOC12CCC(C(C)C)CC2. The molecule has 0 radical (unpaired) electrons. The van der Waals surface area contributed by atoms with Gasteiger partial charge in [-0.3, -0.25) is 0 Å². The van der Waals surface area contributed by atoms with Gasteiger partial charge in [0, 0.05) is 13.7 Å². The highest BCUT2D eigenvalue weighted by Crippen LogP contribution is 2.41. The fraction of sp³-hybridized carbons (Fsp3) is 1.00. The molecule has 0 aromatic heterocycles. The molecule has 0 aromatic rings. The summed E-state index contributed by atoms with van der Waals surface area (Å²) in [5, 5.41) is 3.57. The maximum Gasteiger partial charge on any atom is 0.0858 e. The molecule has 1 saturated carbocycles. The van der Waals surface area contributed by atoms with Gasteiger partial charge in [0.25, 0.3) is 0 Å². The fourth-order valence-electron chi connectivity index (χ4n) is 3.44. The summed E-state index contributed by atoms with van der Waals surface area (Å²) in [6, 6.07) is 0.384. The van der Waals surface area contributed by atoms with Crippen molar-refractivity contribution in [3.63, 3.8) is 0 Å². The highest BCUT2D eigenvalue weighted by molar-refractivity contribution is 4.99. The predicted molar refractivity (Wildman–Crippen MR) is 69.1 cm³/mol. The van der Waals surface area contributed by atoms with Crippen molar-refractivity contribution in [1.29, 1.82) is 0 Å². The zero-order valence-corrected chi connectivity index (χ0v) is 11.5. The molecule has 3 nitrogen and oxygen atoms in total. The van der Waals surface area contributed by atoms with Crippen molar-refractivity contribution in [1.82, 2.24) is 5.32 Å². The molecule has 0 bridgehead atoms. The molecule has 1 unspecified atom stereocenters. The van der Waals surface area contributed by atoms with Gasteiger partial charge >= 0.3 is 0 Å². The van der Waals surface area contributed by atoms with E-state index in [0.29, 0.717) is 6.04 Å². The van der Waals surface area contributed by atoms with E-state index in [9.17, 15) is 0 Å². The maximum atomic E-state index is 6.16. The summed E-state index contributed by atoms with van der Waals surface area (Å²) < 4.78 is 11.5. The van der Waals surface area contributed by atoms with E-state index in [-0.39, 0.29) is 5.60 Å². The van der Waals surface area contributed by atoms with Gasteiger partial charge in [-0.05, 0) is 37.5 Å². The Hall–Kier alpha value is -0.120. The van der Waals surface area contributed by atoms with Crippen molar-refractivity contribution < 1.29 is 9.47 Å². The second-order valence-corrected chi connectivity index (χ2v) is 5.96. The molecule has 1 aliphatic carbocycles. The van der Waals surface area contributed by atoms with Crippen LogP contribution >= 0.6 is 0 Å². The third kappa shape index (κ3) is 2.83. The third-order valence-electron chi connectivity index (χ3n) is 4.67. The van der Waals surface area contributed by atoms with Gasteiger partial charge in [0.15, 0.2) is 0 Å².